The highest BCUT2D eigenvalue weighted by Crippen LogP contribution is 2.40. The number of nitrogen functional groups attached to an aromatic ring is 1. The number of benzene rings is 2. The lowest BCUT2D eigenvalue weighted by molar-refractivity contribution is 0.102. The van der Waals surface area contributed by atoms with Crippen molar-refractivity contribution < 1.29 is 4.79 Å². The molecule has 0 spiro atoms. The van der Waals surface area contributed by atoms with Crippen molar-refractivity contribution in [1.82, 2.24) is 29.6 Å². The van der Waals surface area contributed by atoms with E-state index in [4.69, 9.17) is 5.73 Å². The fourth-order valence-electron chi connectivity index (χ4n) is 5.87. The van der Waals surface area contributed by atoms with E-state index in [2.05, 4.69) is 66.4 Å². The van der Waals surface area contributed by atoms with E-state index < -0.39 is 0 Å². The Morgan fingerprint density at radius 1 is 1.05 bits per heavy atom. The normalized spacial score (nSPS) is 16.3. The number of rotatable bonds is 6. The molecule has 5 aromatic rings. The van der Waals surface area contributed by atoms with Gasteiger partial charge in [-0.2, -0.15) is 10.1 Å². The summed E-state index contributed by atoms with van der Waals surface area (Å²) in [5, 5.41) is 8.64. The van der Waals surface area contributed by atoms with Crippen LogP contribution in [0.1, 0.15) is 59.1 Å². The van der Waals surface area contributed by atoms with Crippen molar-refractivity contribution in [3.05, 3.63) is 77.6 Å². The van der Waals surface area contributed by atoms with Gasteiger partial charge in [-0.05, 0) is 94.1 Å². The molecule has 0 radical (unpaired) electrons. The van der Waals surface area contributed by atoms with Crippen molar-refractivity contribution in [3.8, 4) is 22.5 Å². The third-order valence-corrected chi connectivity index (χ3v) is 8.54. The van der Waals surface area contributed by atoms with E-state index in [1.165, 1.54) is 18.4 Å². The van der Waals surface area contributed by atoms with Crippen molar-refractivity contribution in [2.45, 2.75) is 44.6 Å². The number of aromatic amines is 1. The van der Waals surface area contributed by atoms with Crippen LogP contribution in [0, 0.1) is 6.92 Å². The largest absolute Gasteiger partial charge is 0.368 e. The summed E-state index contributed by atoms with van der Waals surface area (Å²) in [4.78, 5) is 28.0. The average molecular weight is 547 g/mol. The molecule has 2 aromatic carbocycles. The molecule has 7 rings (SSSR count). The first kappa shape index (κ1) is 25.5. The predicted octanol–water partition coefficient (Wildman–Crippen LogP) is 5.78. The Labute approximate surface area is 238 Å². The molecule has 1 saturated carbocycles. The van der Waals surface area contributed by atoms with Crippen molar-refractivity contribution in [2.24, 2.45) is 0 Å². The van der Waals surface area contributed by atoms with Crippen LogP contribution in [-0.4, -0.2) is 55.7 Å². The van der Waals surface area contributed by atoms with Crippen LogP contribution < -0.4 is 11.1 Å². The van der Waals surface area contributed by atoms with Gasteiger partial charge < -0.3 is 20.9 Å². The molecule has 4 heterocycles. The monoisotopic (exact) mass is 546 g/mol. The molecule has 2 fully saturated rings. The summed E-state index contributed by atoms with van der Waals surface area (Å²) in [6, 6.07) is 16.3. The van der Waals surface area contributed by atoms with Gasteiger partial charge in [0.1, 0.15) is 5.65 Å². The van der Waals surface area contributed by atoms with Crippen LogP contribution in [0.25, 0.3) is 33.5 Å². The number of fused-ring (bicyclic) bond motifs is 1. The van der Waals surface area contributed by atoms with Crippen molar-refractivity contribution >= 4 is 28.6 Å². The quantitative estimate of drug-likeness (QED) is 0.249. The van der Waals surface area contributed by atoms with Gasteiger partial charge in [0.2, 0.25) is 5.95 Å². The van der Waals surface area contributed by atoms with E-state index in [9.17, 15) is 4.79 Å². The van der Waals surface area contributed by atoms with E-state index in [0.717, 1.165) is 65.1 Å². The number of amides is 1. The van der Waals surface area contributed by atoms with Gasteiger partial charge in [0.15, 0.2) is 0 Å². The Bertz CT molecular complexity index is 1740. The molecule has 0 bridgehead atoms. The third kappa shape index (κ3) is 4.97. The number of H-pyrrole nitrogens is 1. The Morgan fingerprint density at radius 3 is 2.59 bits per heavy atom. The topological polar surface area (TPSA) is 118 Å². The number of piperidine rings is 1. The highest BCUT2D eigenvalue weighted by molar-refractivity contribution is 6.05. The molecule has 1 saturated heterocycles. The van der Waals surface area contributed by atoms with E-state index in [1.807, 2.05) is 43.5 Å². The van der Waals surface area contributed by atoms with E-state index in [1.54, 1.807) is 0 Å². The zero-order chi connectivity index (χ0) is 28.1. The van der Waals surface area contributed by atoms with Crippen LogP contribution >= 0.6 is 0 Å². The molecule has 3 aromatic heterocycles. The molecule has 1 aliphatic heterocycles. The first-order valence-corrected chi connectivity index (χ1v) is 14.3. The maximum Gasteiger partial charge on any atom is 0.255 e. The smallest absolute Gasteiger partial charge is 0.255 e. The predicted molar refractivity (Wildman–Crippen MR) is 162 cm³/mol. The molecule has 1 aliphatic carbocycles. The number of nitrogens with one attached hydrogen (secondary N) is 2. The van der Waals surface area contributed by atoms with E-state index >= 15 is 0 Å². The molecule has 9 nitrogen and oxygen atoms in total. The second-order valence-electron chi connectivity index (χ2n) is 11.4. The number of hydrogen-bond donors (Lipinski definition) is 3. The zero-order valence-corrected chi connectivity index (χ0v) is 23.4. The fourth-order valence-corrected chi connectivity index (χ4v) is 5.87. The number of likely N-dealkylation sites (tertiary alicyclic amines) is 1. The van der Waals surface area contributed by atoms with Gasteiger partial charge in [-0.3, -0.25) is 9.48 Å². The molecule has 9 heteroatoms. The first-order chi connectivity index (χ1) is 19.9. The molecule has 208 valence electrons. The summed E-state index contributed by atoms with van der Waals surface area (Å²) in [6.45, 7) is 4.15. The lowest BCUT2D eigenvalue weighted by Gasteiger charge is -2.28. The lowest BCUT2D eigenvalue weighted by atomic mass is 10.0. The Balaban J connectivity index is 1.18. The SMILES string of the molecule is Cc1c(NC(=O)c2ccc(C3CC3)cc2)cccc1-c1nc(N)nc2[nH]c(-c3cnn(C4CCN(C)CC4)c3)cc12. The minimum atomic E-state index is -0.134. The summed E-state index contributed by atoms with van der Waals surface area (Å²) in [5.41, 5.74) is 14.0. The maximum absolute atomic E-state index is 13.1. The lowest BCUT2D eigenvalue weighted by Crippen LogP contribution is -2.31. The summed E-state index contributed by atoms with van der Waals surface area (Å²) >= 11 is 0. The number of carbonyl (C=O) groups excluding carboxylic acids is 1. The van der Waals surface area contributed by atoms with Gasteiger partial charge in [-0.1, -0.05) is 24.3 Å². The Morgan fingerprint density at radius 2 is 1.83 bits per heavy atom. The second kappa shape index (κ2) is 10.2. The molecular formula is C32H34N8O. The van der Waals surface area contributed by atoms with Gasteiger partial charge in [0.25, 0.3) is 5.91 Å². The van der Waals surface area contributed by atoms with Gasteiger partial charge >= 0.3 is 0 Å². The number of nitrogens with zero attached hydrogens (tertiary/aromatic N) is 5. The summed E-state index contributed by atoms with van der Waals surface area (Å²) in [5.74, 6) is 0.713. The minimum Gasteiger partial charge on any atom is -0.368 e. The summed E-state index contributed by atoms with van der Waals surface area (Å²) in [7, 11) is 2.16. The average Bonchev–Trinajstić information content (AvgIpc) is 3.55. The van der Waals surface area contributed by atoms with Crippen molar-refractivity contribution in [1.29, 1.82) is 0 Å². The van der Waals surface area contributed by atoms with Gasteiger partial charge in [-0.25, -0.2) is 4.98 Å². The Hall–Kier alpha value is -4.50. The van der Waals surface area contributed by atoms with E-state index in [0.29, 0.717) is 23.2 Å². The zero-order valence-electron chi connectivity index (χ0n) is 23.4. The molecular weight excluding hydrogens is 512 g/mol. The van der Waals surface area contributed by atoms with Gasteiger partial charge in [0.05, 0.1) is 23.6 Å². The molecule has 1 amide bonds. The van der Waals surface area contributed by atoms with Crippen LogP contribution in [0.3, 0.4) is 0 Å². The molecule has 2 aliphatic rings. The standard InChI is InChI=1S/C32H34N8O/c1-19-25(4-3-5-27(19)36-31(41)22-10-8-21(9-11-22)20-6-7-20)29-26-16-28(35-30(26)38-32(33)37-29)23-17-34-40(18-23)24-12-14-39(2)15-13-24/h3-5,8-11,16-18,20,24H,6-7,12-15H2,1-2H3,(H,36,41)(H3,33,35,37,38). The van der Waals surface area contributed by atoms with Crippen LogP contribution in [0.15, 0.2) is 60.9 Å². The van der Waals surface area contributed by atoms with Crippen LogP contribution in [0.5, 0.6) is 0 Å². The fraction of sp³-hybridized carbons (Fsp3) is 0.312. The van der Waals surface area contributed by atoms with Gasteiger partial charge in [-0.15, -0.1) is 0 Å². The Kier molecular flexibility index (Phi) is 6.31. The number of anilines is 2. The van der Waals surface area contributed by atoms with Crippen LogP contribution in [-0.2, 0) is 0 Å². The number of nitrogens with two attached hydrogens (primary N) is 1. The summed E-state index contributed by atoms with van der Waals surface area (Å²) in [6.07, 6.45) is 8.67. The second-order valence-corrected chi connectivity index (χ2v) is 11.4. The maximum atomic E-state index is 13.1. The number of hydrogen-bond acceptors (Lipinski definition) is 6. The number of carbonyl (C=O) groups is 1. The molecule has 0 atom stereocenters. The van der Waals surface area contributed by atoms with Crippen LogP contribution in [0.4, 0.5) is 11.6 Å². The van der Waals surface area contributed by atoms with Crippen molar-refractivity contribution in [2.75, 3.05) is 31.2 Å². The molecule has 41 heavy (non-hydrogen) atoms. The highest BCUT2D eigenvalue weighted by atomic mass is 16.1. The van der Waals surface area contributed by atoms with Gasteiger partial charge in [0, 0.05) is 34.0 Å². The first-order valence-electron chi connectivity index (χ1n) is 14.3. The summed E-state index contributed by atoms with van der Waals surface area (Å²) < 4.78 is 2.09. The molecule has 0 unspecified atom stereocenters. The minimum absolute atomic E-state index is 0.134. The van der Waals surface area contributed by atoms with Crippen LogP contribution in [0.2, 0.25) is 0 Å². The third-order valence-electron chi connectivity index (χ3n) is 8.54. The molecule has 4 N–H and O–H groups in total. The van der Waals surface area contributed by atoms with Crippen molar-refractivity contribution in [3.63, 3.8) is 0 Å². The highest BCUT2D eigenvalue weighted by Gasteiger charge is 2.24. The number of aromatic nitrogens is 5. The van der Waals surface area contributed by atoms with E-state index in [-0.39, 0.29) is 11.9 Å².